The highest BCUT2D eigenvalue weighted by Crippen LogP contribution is 2.25. The van der Waals surface area contributed by atoms with E-state index in [9.17, 15) is 0 Å². The molecule has 2 aromatic carbocycles. The number of aryl methyl sites for hydroxylation is 1. The molecule has 0 aliphatic rings. The van der Waals surface area contributed by atoms with Crippen molar-refractivity contribution in [1.29, 1.82) is 0 Å². The minimum atomic E-state index is 0.247. The van der Waals surface area contributed by atoms with Crippen molar-refractivity contribution in [2.75, 3.05) is 0 Å². The van der Waals surface area contributed by atoms with Crippen LogP contribution < -0.4 is 0 Å². The fraction of sp³-hybridized carbons (Fsp3) is 0.188. The number of benzene rings is 2. The standard InChI is InChI=1S/C16H16Cl/c1-12-8-9-15(16(17)10-12)11-13(2)14-6-4-3-5-7-14/h3-10,13H,2,11H2,1H3. The van der Waals surface area contributed by atoms with E-state index < -0.39 is 0 Å². The van der Waals surface area contributed by atoms with Crippen LogP contribution in [0.5, 0.6) is 0 Å². The van der Waals surface area contributed by atoms with Crippen LogP contribution in [0.15, 0.2) is 48.5 Å². The highest BCUT2D eigenvalue weighted by atomic mass is 35.5. The van der Waals surface area contributed by atoms with Gasteiger partial charge in [0.25, 0.3) is 0 Å². The topological polar surface area (TPSA) is 0 Å². The van der Waals surface area contributed by atoms with Crippen molar-refractivity contribution in [3.63, 3.8) is 0 Å². The Morgan fingerprint density at radius 2 is 1.82 bits per heavy atom. The molecule has 1 radical (unpaired) electrons. The van der Waals surface area contributed by atoms with E-state index in [4.69, 9.17) is 11.6 Å². The number of hydrogen-bond acceptors (Lipinski definition) is 0. The molecule has 0 aliphatic carbocycles. The molecule has 0 nitrogen and oxygen atoms in total. The summed E-state index contributed by atoms with van der Waals surface area (Å²) in [5.74, 6) is 0.247. The summed E-state index contributed by atoms with van der Waals surface area (Å²) < 4.78 is 0. The van der Waals surface area contributed by atoms with E-state index in [1.54, 1.807) is 0 Å². The van der Waals surface area contributed by atoms with Crippen LogP contribution in [0.2, 0.25) is 5.02 Å². The highest BCUT2D eigenvalue weighted by molar-refractivity contribution is 6.31. The van der Waals surface area contributed by atoms with E-state index in [2.05, 4.69) is 38.1 Å². The molecule has 1 atom stereocenters. The second-order valence-electron chi connectivity index (χ2n) is 4.41. The van der Waals surface area contributed by atoms with E-state index >= 15 is 0 Å². The second-order valence-corrected chi connectivity index (χ2v) is 4.81. The van der Waals surface area contributed by atoms with Gasteiger partial charge < -0.3 is 0 Å². The van der Waals surface area contributed by atoms with Crippen LogP contribution in [0.3, 0.4) is 0 Å². The lowest BCUT2D eigenvalue weighted by atomic mass is 9.93. The van der Waals surface area contributed by atoms with Gasteiger partial charge in [-0.05, 0) is 48.9 Å². The fourth-order valence-corrected chi connectivity index (χ4v) is 2.24. The Hall–Kier alpha value is -1.27. The molecule has 0 saturated carbocycles. The molecule has 0 N–H and O–H groups in total. The van der Waals surface area contributed by atoms with Crippen LogP contribution >= 0.6 is 11.6 Å². The van der Waals surface area contributed by atoms with E-state index in [0.717, 1.165) is 11.4 Å². The summed E-state index contributed by atoms with van der Waals surface area (Å²) in [6, 6.07) is 16.5. The zero-order valence-electron chi connectivity index (χ0n) is 9.99. The first-order valence-electron chi connectivity index (χ1n) is 5.80. The van der Waals surface area contributed by atoms with Crippen LogP contribution in [0, 0.1) is 13.8 Å². The number of halogens is 1. The lowest BCUT2D eigenvalue weighted by Crippen LogP contribution is -1.99. The molecule has 0 aliphatic heterocycles. The Labute approximate surface area is 108 Å². The minimum Gasteiger partial charge on any atom is -0.0840 e. The quantitative estimate of drug-likeness (QED) is 0.726. The predicted molar refractivity (Wildman–Crippen MR) is 74.4 cm³/mol. The molecule has 17 heavy (non-hydrogen) atoms. The van der Waals surface area contributed by atoms with Crippen molar-refractivity contribution in [2.24, 2.45) is 0 Å². The van der Waals surface area contributed by atoms with Crippen LogP contribution in [0.4, 0.5) is 0 Å². The molecule has 0 fully saturated rings. The molecule has 2 aromatic rings. The third-order valence-electron chi connectivity index (χ3n) is 2.95. The van der Waals surface area contributed by atoms with Gasteiger partial charge in [0, 0.05) is 5.02 Å². The summed E-state index contributed by atoms with van der Waals surface area (Å²) in [6.07, 6.45) is 0.878. The first-order valence-corrected chi connectivity index (χ1v) is 6.17. The molecular formula is C16H16Cl. The molecule has 0 aromatic heterocycles. The fourth-order valence-electron chi connectivity index (χ4n) is 1.93. The van der Waals surface area contributed by atoms with Crippen molar-refractivity contribution < 1.29 is 0 Å². The number of hydrogen-bond donors (Lipinski definition) is 0. The Morgan fingerprint density at radius 3 is 2.47 bits per heavy atom. The van der Waals surface area contributed by atoms with Gasteiger partial charge in [-0.3, -0.25) is 0 Å². The Balaban J connectivity index is 2.16. The van der Waals surface area contributed by atoms with Crippen LogP contribution in [-0.4, -0.2) is 0 Å². The van der Waals surface area contributed by atoms with Crippen LogP contribution in [-0.2, 0) is 6.42 Å². The maximum absolute atomic E-state index is 6.23. The Bertz CT molecular complexity index is 488. The molecule has 0 spiro atoms. The van der Waals surface area contributed by atoms with Gasteiger partial charge in [0.1, 0.15) is 0 Å². The van der Waals surface area contributed by atoms with E-state index in [-0.39, 0.29) is 5.92 Å². The normalized spacial score (nSPS) is 12.4. The monoisotopic (exact) mass is 243 g/mol. The van der Waals surface area contributed by atoms with E-state index in [0.29, 0.717) is 0 Å². The number of rotatable bonds is 3. The third-order valence-corrected chi connectivity index (χ3v) is 3.30. The summed E-state index contributed by atoms with van der Waals surface area (Å²) in [5, 5.41) is 0.842. The highest BCUT2D eigenvalue weighted by Gasteiger charge is 2.08. The van der Waals surface area contributed by atoms with Gasteiger partial charge in [0.2, 0.25) is 0 Å². The first-order chi connectivity index (χ1) is 8.16. The van der Waals surface area contributed by atoms with Crippen LogP contribution in [0.1, 0.15) is 22.6 Å². The Kier molecular flexibility index (Phi) is 3.86. The lowest BCUT2D eigenvalue weighted by Gasteiger charge is -2.13. The van der Waals surface area contributed by atoms with Crippen molar-refractivity contribution in [3.05, 3.63) is 77.2 Å². The molecule has 87 valence electrons. The third kappa shape index (κ3) is 3.10. The van der Waals surface area contributed by atoms with E-state index in [1.807, 2.05) is 24.3 Å². The van der Waals surface area contributed by atoms with Crippen molar-refractivity contribution in [1.82, 2.24) is 0 Å². The van der Waals surface area contributed by atoms with Gasteiger partial charge in [-0.2, -0.15) is 0 Å². The maximum atomic E-state index is 6.23. The zero-order valence-corrected chi connectivity index (χ0v) is 10.7. The Morgan fingerprint density at radius 1 is 1.12 bits per heavy atom. The molecule has 0 amide bonds. The van der Waals surface area contributed by atoms with Gasteiger partial charge in [-0.25, -0.2) is 0 Å². The van der Waals surface area contributed by atoms with E-state index in [1.165, 1.54) is 16.7 Å². The van der Waals surface area contributed by atoms with Gasteiger partial charge in [0.15, 0.2) is 0 Å². The maximum Gasteiger partial charge on any atom is 0.0440 e. The minimum absolute atomic E-state index is 0.247. The van der Waals surface area contributed by atoms with Gasteiger partial charge in [-0.15, -0.1) is 0 Å². The summed E-state index contributed by atoms with van der Waals surface area (Å²) in [7, 11) is 0. The SMILES string of the molecule is [CH2]C(Cc1ccc(C)cc1Cl)c1ccccc1. The van der Waals surface area contributed by atoms with Gasteiger partial charge in [0.05, 0.1) is 0 Å². The smallest absolute Gasteiger partial charge is 0.0440 e. The zero-order chi connectivity index (χ0) is 12.3. The molecular weight excluding hydrogens is 228 g/mol. The molecule has 1 heteroatoms. The summed E-state index contributed by atoms with van der Waals surface area (Å²) in [5.41, 5.74) is 3.62. The summed E-state index contributed by atoms with van der Waals surface area (Å²) in [6.45, 7) is 6.26. The first kappa shape index (κ1) is 12.2. The second kappa shape index (κ2) is 5.37. The average Bonchev–Trinajstić information content (AvgIpc) is 2.34. The van der Waals surface area contributed by atoms with Gasteiger partial charge in [-0.1, -0.05) is 54.1 Å². The molecule has 2 rings (SSSR count). The molecule has 0 saturated heterocycles. The molecule has 0 heterocycles. The summed E-state index contributed by atoms with van der Waals surface area (Å²) >= 11 is 6.23. The van der Waals surface area contributed by atoms with Crippen LogP contribution in [0.25, 0.3) is 0 Å². The molecule has 0 bridgehead atoms. The largest absolute Gasteiger partial charge is 0.0840 e. The average molecular weight is 244 g/mol. The predicted octanol–water partition coefficient (Wildman–Crippen LogP) is 4.81. The van der Waals surface area contributed by atoms with Crippen molar-refractivity contribution in [3.8, 4) is 0 Å². The molecule has 1 unspecified atom stereocenters. The van der Waals surface area contributed by atoms with Crippen molar-refractivity contribution >= 4 is 11.6 Å². The van der Waals surface area contributed by atoms with Gasteiger partial charge >= 0.3 is 0 Å². The van der Waals surface area contributed by atoms with Crippen molar-refractivity contribution in [2.45, 2.75) is 19.3 Å². The lowest BCUT2D eigenvalue weighted by molar-refractivity contribution is 0.832. The summed E-state index contributed by atoms with van der Waals surface area (Å²) in [4.78, 5) is 0.